The molecule has 5 N–H and O–H groups in total. The highest BCUT2D eigenvalue weighted by molar-refractivity contribution is 7.88. The summed E-state index contributed by atoms with van der Waals surface area (Å²) < 4.78 is 26.4. The number of piperazine rings is 1. The van der Waals surface area contributed by atoms with Crippen LogP contribution in [0.1, 0.15) is 34.0 Å². The van der Waals surface area contributed by atoms with Crippen LogP contribution in [-0.2, 0) is 23.0 Å². The normalized spacial score (nSPS) is 16.9. The number of H-pyrrole nitrogens is 1. The summed E-state index contributed by atoms with van der Waals surface area (Å²) in [5.74, 6) is 5.73. The van der Waals surface area contributed by atoms with E-state index < -0.39 is 27.4 Å². The summed E-state index contributed by atoms with van der Waals surface area (Å²) in [6, 6.07) is 14.5. The Morgan fingerprint density at radius 2 is 1.79 bits per heavy atom. The third-order valence-corrected chi connectivity index (χ3v) is 7.06. The Morgan fingerprint density at radius 3 is 2.42 bits per heavy atom. The van der Waals surface area contributed by atoms with Gasteiger partial charge in [-0.05, 0) is 35.4 Å². The van der Waals surface area contributed by atoms with Gasteiger partial charge in [-0.25, -0.2) is 18.1 Å². The number of hydrogen-bond acceptors (Lipinski definition) is 8. The lowest BCUT2D eigenvalue weighted by molar-refractivity contribution is 0.0946. The fourth-order valence-electron chi connectivity index (χ4n) is 4.32. The number of nitrogens with zero attached hydrogens (tertiary/aromatic N) is 2. The fraction of sp³-hybridized carbons (Fsp3) is 0.333. The molecule has 2 atom stereocenters. The smallest absolute Gasteiger partial charge is 0.293 e. The predicted molar refractivity (Wildman–Crippen MR) is 144 cm³/mol. The van der Waals surface area contributed by atoms with E-state index in [0.29, 0.717) is 5.56 Å². The molecule has 0 bridgehead atoms. The lowest BCUT2D eigenvalue weighted by atomic mass is 10.0. The molecule has 0 unspecified atom stereocenters. The van der Waals surface area contributed by atoms with Crippen molar-refractivity contribution in [1.29, 1.82) is 0 Å². The summed E-state index contributed by atoms with van der Waals surface area (Å²) in [7, 11) is -3.58. The molecule has 10 nitrogen and oxygen atoms in total. The number of benzene rings is 2. The van der Waals surface area contributed by atoms with Crippen LogP contribution in [-0.4, -0.2) is 72.0 Å². The maximum Gasteiger partial charge on any atom is 0.293 e. The number of sulfonamides is 1. The van der Waals surface area contributed by atoms with Gasteiger partial charge >= 0.3 is 0 Å². The van der Waals surface area contributed by atoms with Gasteiger partial charge in [-0.2, -0.15) is 0 Å². The van der Waals surface area contributed by atoms with Gasteiger partial charge in [-0.1, -0.05) is 36.1 Å². The maximum absolute atomic E-state index is 11.9. The average molecular weight is 538 g/mol. The Hall–Kier alpha value is -3.53. The number of aromatic hydroxyl groups is 1. The second kappa shape index (κ2) is 12.3. The van der Waals surface area contributed by atoms with Gasteiger partial charge in [0, 0.05) is 49.8 Å². The van der Waals surface area contributed by atoms with E-state index in [2.05, 4.69) is 36.7 Å². The molecule has 2 heterocycles. The van der Waals surface area contributed by atoms with Crippen LogP contribution in [0.2, 0.25) is 0 Å². The highest BCUT2D eigenvalue weighted by atomic mass is 32.2. The zero-order valence-corrected chi connectivity index (χ0v) is 21.8. The number of nitrogens with one attached hydrogen (secondary N) is 3. The minimum absolute atomic E-state index is 0.00676. The Labute approximate surface area is 221 Å². The quantitative estimate of drug-likeness (QED) is 0.261. The molecular formula is C27H31N5O5S. The van der Waals surface area contributed by atoms with Gasteiger partial charge in [0.2, 0.25) is 15.8 Å². The van der Waals surface area contributed by atoms with Gasteiger partial charge in [0.25, 0.3) is 5.56 Å². The van der Waals surface area contributed by atoms with Crippen LogP contribution in [0.25, 0.3) is 0 Å². The summed E-state index contributed by atoms with van der Waals surface area (Å²) >= 11 is 0. The Kier molecular flexibility index (Phi) is 8.93. The van der Waals surface area contributed by atoms with Gasteiger partial charge in [-0.3, -0.25) is 9.69 Å². The summed E-state index contributed by atoms with van der Waals surface area (Å²) in [5, 5.41) is 22.9. The van der Waals surface area contributed by atoms with Gasteiger partial charge in [0.15, 0.2) is 0 Å². The van der Waals surface area contributed by atoms with Gasteiger partial charge < -0.3 is 20.5 Å². The molecule has 1 aliphatic rings. The molecule has 1 saturated heterocycles. The van der Waals surface area contributed by atoms with Crippen LogP contribution >= 0.6 is 0 Å². The van der Waals surface area contributed by atoms with Crippen LogP contribution in [0.5, 0.6) is 5.75 Å². The van der Waals surface area contributed by atoms with E-state index in [1.165, 1.54) is 0 Å². The second-order valence-corrected chi connectivity index (χ2v) is 11.0. The van der Waals surface area contributed by atoms with Crippen molar-refractivity contribution in [3.05, 3.63) is 93.2 Å². The molecule has 3 aromatic rings. The SMILES string of the molecule is CS(=O)(=O)N[C@H](Cc1nc[nH]c(=O)c1O)c1ccc(C#Cc2ccc(CN3CCNC[C@H]3CO)cc2)cc1. The molecule has 200 valence electrons. The van der Waals surface area contributed by atoms with Gasteiger partial charge in [0.05, 0.1) is 30.9 Å². The second-order valence-electron chi connectivity index (χ2n) is 9.25. The van der Waals surface area contributed by atoms with Crippen LogP contribution in [0.3, 0.4) is 0 Å². The monoisotopic (exact) mass is 537 g/mol. The Morgan fingerprint density at radius 1 is 1.13 bits per heavy atom. The van der Waals surface area contributed by atoms with Crippen molar-refractivity contribution in [1.82, 2.24) is 24.9 Å². The molecule has 4 rings (SSSR count). The first kappa shape index (κ1) is 27.5. The molecule has 1 aromatic heterocycles. The number of aromatic nitrogens is 2. The third-order valence-electron chi connectivity index (χ3n) is 6.34. The molecule has 0 aliphatic carbocycles. The molecule has 0 spiro atoms. The third kappa shape index (κ3) is 7.50. The van der Waals surface area contributed by atoms with E-state index in [0.717, 1.165) is 55.5 Å². The standard InChI is InChI=1S/C27H31N5O5S/c1-38(36,37)31-24(14-25-26(34)27(35)30-18-29-25)22-10-8-20(9-11-22)3-2-19-4-6-21(7-5-19)16-32-13-12-28-15-23(32)17-33/h4-11,18,23-24,28,31,33-34H,12-17H2,1H3,(H,29,30,35)/t23-,24+/m0/s1. The maximum atomic E-state index is 11.9. The van der Waals surface area contributed by atoms with Crippen molar-refractivity contribution >= 4 is 10.0 Å². The summed E-state index contributed by atoms with van der Waals surface area (Å²) in [6.07, 6.45) is 2.20. The average Bonchev–Trinajstić information content (AvgIpc) is 2.90. The summed E-state index contributed by atoms with van der Waals surface area (Å²) in [6.45, 7) is 3.50. The Balaban J connectivity index is 1.45. The summed E-state index contributed by atoms with van der Waals surface area (Å²) in [5.41, 5.74) is 2.81. The van der Waals surface area contributed by atoms with Gasteiger partial charge in [-0.15, -0.1) is 0 Å². The first-order valence-electron chi connectivity index (χ1n) is 12.2. The molecule has 0 radical (unpaired) electrons. The number of aromatic amines is 1. The molecule has 11 heteroatoms. The number of hydrogen-bond donors (Lipinski definition) is 5. The first-order valence-corrected chi connectivity index (χ1v) is 14.1. The van der Waals surface area contributed by atoms with E-state index in [-0.39, 0.29) is 24.8 Å². The van der Waals surface area contributed by atoms with E-state index in [1.807, 2.05) is 24.3 Å². The molecule has 0 amide bonds. The highest BCUT2D eigenvalue weighted by Gasteiger charge is 2.22. The largest absolute Gasteiger partial charge is 0.502 e. The molecular weight excluding hydrogens is 506 g/mol. The van der Waals surface area contributed by atoms with Gasteiger partial charge in [0.1, 0.15) is 0 Å². The fourth-order valence-corrected chi connectivity index (χ4v) is 5.06. The lowest BCUT2D eigenvalue weighted by Crippen LogP contribution is -2.52. The number of aliphatic hydroxyl groups is 1. The number of rotatable bonds is 8. The lowest BCUT2D eigenvalue weighted by Gasteiger charge is -2.35. The minimum Gasteiger partial charge on any atom is -0.502 e. The van der Waals surface area contributed by atoms with E-state index in [1.54, 1.807) is 24.3 Å². The summed E-state index contributed by atoms with van der Waals surface area (Å²) in [4.78, 5) is 20.2. The zero-order valence-electron chi connectivity index (χ0n) is 21.0. The molecule has 2 aromatic carbocycles. The van der Waals surface area contributed by atoms with E-state index in [9.17, 15) is 23.4 Å². The van der Waals surface area contributed by atoms with Crippen molar-refractivity contribution in [3.8, 4) is 17.6 Å². The zero-order chi connectivity index (χ0) is 27.1. The molecule has 1 fully saturated rings. The van der Waals surface area contributed by atoms with Crippen LogP contribution in [0.15, 0.2) is 59.7 Å². The minimum atomic E-state index is -3.58. The van der Waals surface area contributed by atoms with Crippen molar-refractivity contribution in [2.24, 2.45) is 0 Å². The molecule has 0 saturated carbocycles. The van der Waals surface area contributed by atoms with E-state index >= 15 is 0 Å². The van der Waals surface area contributed by atoms with Crippen molar-refractivity contribution in [2.75, 3.05) is 32.5 Å². The van der Waals surface area contributed by atoms with Crippen LogP contribution in [0.4, 0.5) is 0 Å². The van der Waals surface area contributed by atoms with E-state index in [4.69, 9.17) is 0 Å². The van der Waals surface area contributed by atoms with Crippen LogP contribution < -0.4 is 15.6 Å². The van der Waals surface area contributed by atoms with Crippen LogP contribution in [0, 0.1) is 11.8 Å². The van der Waals surface area contributed by atoms with Crippen molar-refractivity contribution in [3.63, 3.8) is 0 Å². The number of aliphatic hydroxyl groups excluding tert-OH is 1. The first-order chi connectivity index (χ1) is 18.2. The van der Waals surface area contributed by atoms with Crippen molar-refractivity contribution in [2.45, 2.75) is 25.0 Å². The molecule has 1 aliphatic heterocycles. The topological polar surface area (TPSA) is 148 Å². The Bertz CT molecular complexity index is 1460. The van der Waals surface area contributed by atoms with Crippen molar-refractivity contribution < 1.29 is 18.6 Å². The molecule has 38 heavy (non-hydrogen) atoms. The highest BCUT2D eigenvalue weighted by Crippen LogP contribution is 2.22. The predicted octanol–water partition coefficient (Wildman–Crippen LogP) is 0.474.